The summed E-state index contributed by atoms with van der Waals surface area (Å²) in [6.07, 6.45) is 0. The van der Waals surface area contributed by atoms with Crippen LogP contribution in [0.15, 0.2) is 29.2 Å². The molecule has 0 unspecified atom stereocenters. The van der Waals surface area contributed by atoms with Crippen molar-refractivity contribution in [3.63, 3.8) is 0 Å². The largest absolute Gasteiger partial charge is 1.00 e. The van der Waals surface area contributed by atoms with Crippen molar-refractivity contribution in [1.29, 1.82) is 0 Å². The maximum atomic E-state index is 4.95. The molecule has 0 radical (unpaired) electrons. The van der Waals surface area contributed by atoms with E-state index in [4.69, 9.17) is 12.6 Å². The van der Waals surface area contributed by atoms with Crippen LogP contribution in [0.25, 0.3) is 0 Å². The Kier molecular flexibility index (Phi) is 4.50. The van der Waals surface area contributed by atoms with Crippen LogP contribution >= 0.6 is 0 Å². The van der Waals surface area contributed by atoms with Crippen molar-refractivity contribution in [2.24, 2.45) is 0 Å². The van der Waals surface area contributed by atoms with Gasteiger partial charge in [0.15, 0.2) is 0 Å². The second-order valence-electron chi connectivity index (χ2n) is 1.77. The predicted molar refractivity (Wildman–Crippen MR) is 36.8 cm³/mol. The van der Waals surface area contributed by atoms with Crippen LogP contribution in [-0.2, 0) is 12.6 Å². The molecule has 42 valence electrons. The fourth-order valence-corrected chi connectivity index (χ4v) is 0.703. The minimum absolute atomic E-state index is 0. The average molecular weight is 146 g/mol. The van der Waals surface area contributed by atoms with Gasteiger partial charge in [0.25, 0.3) is 0 Å². The van der Waals surface area contributed by atoms with Crippen molar-refractivity contribution in [2.75, 3.05) is 0 Å². The Balaban J connectivity index is 0.000000640. The normalized spacial score (nSPS) is 8.11. The third-order valence-corrected chi connectivity index (χ3v) is 1.55. The Morgan fingerprint density at radius 3 is 2.11 bits per heavy atom. The monoisotopic (exact) mass is 146 g/mol. The molecule has 0 saturated carbocycles. The van der Waals surface area contributed by atoms with E-state index in [1.807, 2.05) is 31.2 Å². The molecule has 9 heavy (non-hydrogen) atoms. The predicted octanol–water partition coefficient (Wildman–Crippen LogP) is -1.10. The smallest absolute Gasteiger partial charge is 0.779 e. The molecule has 2 heteroatoms. The van der Waals surface area contributed by atoms with Gasteiger partial charge in [-0.3, -0.25) is 0 Å². The summed E-state index contributed by atoms with van der Waals surface area (Å²) in [7, 11) is 0. The number of hydrogen-bond acceptors (Lipinski definition) is 1. The molecule has 0 atom stereocenters. The zero-order valence-electron chi connectivity index (χ0n) is 5.72. The molecule has 0 saturated heterocycles. The molecule has 0 bridgehead atoms. The van der Waals surface area contributed by atoms with Gasteiger partial charge in [-0.05, 0) is 6.92 Å². The third-order valence-electron chi connectivity index (χ3n) is 1.09. The zero-order valence-corrected chi connectivity index (χ0v) is 8.53. The second-order valence-corrected chi connectivity index (χ2v) is 2.21. The molecular formula is C7H7NaS. The summed E-state index contributed by atoms with van der Waals surface area (Å²) in [5, 5.41) is 0. The van der Waals surface area contributed by atoms with E-state index < -0.39 is 0 Å². The van der Waals surface area contributed by atoms with Crippen LogP contribution < -0.4 is 29.6 Å². The number of benzene rings is 1. The van der Waals surface area contributed by atoms with E-state index in [0.29, 0.717) is 0 Å². The van der Waals surface area contributed by atoms with E-state index in [1.54, 1.807) is 0 Å². The topological polar surface area (TPSA) is 0 Å². The van der Waals surface area contributed by atoms with Gasteiger partial charge in [-0.25, -0.2) is 0 Å². The number of hydrogen-bond donors (Lipinski definition) is 0. The summed E-state index contributed by atoms with van der Waals surface area (Å²) in [5.74, 6) is 0. The van der Waals surface area contributed by atoms with Crippen molar-refractivity contribution in [1.82, 2.24) is 0 Å². The van der Waals surface area contributed by atoms with Crippen LogP contribution in [0.1, 0.15) is 5.56 Å². The standard InChI is InChI=1S/C7H8S.Na/c1-6-4-2-3-5-7(6)8;/h2-5,8H,1H3;/q;+1/p-1. The Bertz CT molecular complexity index is 165. The quantitative estimate of drug-likeness (QED) is 0.331. The van der Waals surface area contributed by atoms with Gasteiger partial charge in [-0.1, -0.05) is 29.8 Å². The van der Waals surface area contributed by atoms with Crippen LogP contribution in [0.3, 0.4) is 0 Å². The Labute approximate surface area is 83.4 Å². The third kappa shape index (κ3) is 2.67. The van der Waals surface area contributed by atoms with E-state index in [9.17, 15) is 0 Å². The Hall–Kier alpha value is 0.440. The fourth-order valence-electron chi connectivity index (χ4n) is 0.556. The van der Waals surface area contributed by atoms with Gasteiger partial charge in [0.1, 0.15) is 0 Å². The van der Waals surface area contributed by atoms with Crippen LogP contribution in [0, 0.1) is 6.92 Å². The second kappa shape index (κ2) is 4.29. The van der Waals surface area contributed by atoms with Crippen LogP contribution in [0.4, 0.5) is 0 Å². The van der Waals surface area contributed by atoms with Crippen LogP contribution in [-0.4, -0.2) is 0 Å². The van der Waals surface area contributed by atoms with Crippen molar-refractivity contribution in [2.45, 2.75) is 11.8 Å². The van der Waals surface area contributed by atoms with Crippen molar-refractivity contribution >= 4 is 12.6 Å². The molecule has 0 aliphatic rings. The minimum Gasteiger partial charge on any atom is -0.779 e. The first-order valence-electron chi connectivity index (χ1n) is 2.53. The average Bonchev–Trinajstić information content (AvgIpc) is 1.77. The SMILES string of the molecule is Cc1ccccc1[S-].[Na+]. The molecule has 0 heterocycles. The van der Waals surface area contributed by atoms with Crippen molar-refractivity contribution in [3.05, 3.63) is 29.8 Å². The maximum Gasteiger partial charge on any atom is 1.00 e. The summed E-state index contributed by atoms with van der Waals surface area (Å²) < 4.78 is 0. The summed E-state index contributed by atoms with van der Waals surface area (Å²) in [5.41, 5.74) is 1.18. The zero-order chi connectivity index (χ0) is 5.98. The first kappa shape index (κ1) is 9.44. The molecule has 0 aliphatic heterocycles. The molecule has 0 aromatic heterocycles. The van der Waals surface area contributed by atoms with Crippen LogP contribution in [0.2, 0.25) is 0 Å². The van der Waals surface area contributed by atoms with Gasteiger partial charge < -0.3 is 12.6 Å². The Morgan fingerprint density at radius 2 is 1.78 bits per heavy atom. The van der Waals surface area contributed by atoms with E-state index in [-0.39, 0.29) is 29.6 Å². The summed E-state index contributed by atoms with van der Waals surface area (Å²) >= 11 is 4.95. The van der Waals surface area contributed by atoms with Gasteiger partial charge in [0, 0.05) is 0 Å². The minimum atomic E-state index is 0. The molecule has 1 aromatic carbocycles. The number of rotatable bonds is 0. The molecular weight excluding hydrogens is 139 g/mol. The molecule has 1 aromatic rings. The molecule has 0 fully saturated rings. The molecule has 0 aliphatic carbocycles. The Morgan fingerprint density at radius 1 is 1.22 bits per heavy atom. The van der Waals surface area contributed by atoms with Crippen molar-refractivity contribution < 1.29 is 29.6 Å². The summed E-state index contributed by atoms with van der Waals surface area (Å²) in [4.78, 5) is 0.951. The first-order chi connectivity index (χ1) is 3.80. The van der Waals surface area contributed by atoms with E-state index in [0.717, 1.165) is 4.90 Å². The fraction of sp³-hybridized carbons (Fsp3) is 0.143. The van der Waals surface area contributed by atoms with Gasteiger partial charge in [-0.15, -0.1) is 0 Å². The van der Waals surface area contributed by atoms with E-state index in [1.165, 1.54) is 5.56 Å². The summed E-state index contributed by atoms with van der Waals surface area (Å²) in [6.45, 7) is 2.02. The summed E-state index contributed by atoms with van der Waals surface area (Å²) in [6, 6.07) is 7.90. The van der Waals surface area contributed by atoms with Gasteiger partial charge in [0.2, 0.25) is 0 Å². The number of aryl methyl sites for hydroxylation is 1. The molecule has 0 spiro atoms. The van der Waals surface area contributed by atoms with E-state index >= 15 is 0 Å². The van der Waals surface area contributed by atoms with Gasteiger partial charge in [-0.2, -0.15) is 4.90 Å². The molecule has 1 rings (SSSR count). The van der Waals surface area contributed by atoms with Crippen molar-refractivity contribution in [3.8, 4) is 0 Å². The van der Waals surface area contributed by atoms with E-state index in [2.05, 4.69) is 0 Å². The maximum absolute atomic E-state index is 4.95. The van der Waals surface area contributed by atoms with Crippen LogP contribution in [0.5, 0.6) is 0 Å². The molecule has 0 nitrogen and oxygen atoms in total. The molecule has 0 N–H and O–H groups in total. The van der Waals surface area contributed by atoms with Gasteiger partial charge in [0.05, 0.1) is 0 Å². The first-order valence-corrected chi connectivity index (χ1v) is 2.94. The van der Waals surface area contributed by atoms with Gasteiger partial charge >= 0.3 is 29.6 Å². The molecule has 0 amide bonds.